The van der Waals surface area contributed by atoms with E-state index in [0.29, 0.717) is 11.7 Å². The summed E-state index contributed by atoms with van der Waals surface area (Å²) in [6, 6.07) is 7.45. The van der Waals surface area contributed by atoms with E-state index in [1.165, 1.54) is 51.4 Å². The zero-order valence-corrected chi connectivity index (χ0v) is 14.3. The summed E-state index contributed by atoms with van der Waals surface area (Å²) < 4.78 is 6.54. The third-order valence-electron chi connectivity index (χ3n) is 5.18. The van der Waals surface area contributed by atoms with E-state index in [0.717, 1.165) is 12.8 Å². The minimum atomic E-state index is -0.0672. The number of hydrogen-bond acceptors (Lipinski definition) is 2. The van der Waals surface area contributed by atoms with Gasteiger partial charge in [-0.15, -0.1) is 0 Å². The van der Waals surface area contributed by atoms with Gasteiger partial charge in [0.25, 0.3) is 0 Å². The van der Waals surface area contributed by atoms with Crippen molar-refractivity contribution in [2.75, 3.05) is 0 Å². The molecule has 2 nitrogen and oxygen atoms in total. The fraction of sp³-hybridized carbons (Fsp3) is 0.700. The Labute approximate surface area is 135 Å². The number of phenols is 1. The molecule has 0 radical (unpaired) electrons. The maximum Gasteiger partial charge on any atom is 0.161 e. The van der Waals surface area contributed by atoms with Gasteiger partial charge in [0.15, 0.2) is 11.5 Å². The molecule has 1 aromatic carbocycles. The van der Waals surface area contributed by atoms with Crippen molar-refractivity contribution in [1.29, 1.82) is 0 Å². The molecule has 2 atom stereocenters. The van der Waals surface area contributed by atoms with Crippen molar-refractivity contribution in [1.82, 2.24) is 0 Å². The Kier molecular flexibility index (Phi) is 6.60. The quantitative estimate of drug-likeness (QED) is 0.630. The molecule has 2 unspecified atom stereocenters. The highest BCUT2D eigenvalue weighted by molar-refractivity contribution is 5.38. The summed E-state index contributed by atoms with van der Waals surface area (Å²) >= 11 is 0. The van der Waals surface area contributed by atoms with Crippen LogP contribution in [0.5, 0.6) is 11.5 Å². The maximum absolute atomic E-state index is 10.1. The van der Waals surface area contributed by atoms with Crippen molar-refractivity contribution in [3.8, 4) is 11.5 Å². The molecule has 1 fully saturated rings. The van der Waals surface area contributed by atoms with Crippen molar-refractivity contribution in [3.05, 3.63) is 24.3 Å². The van der Waals surface area contributed by atoms with E-state index in [1.807, 2.05) is 18.2 Å². The Morgan fingerprint density at radius 1 is 1.14 bits per heavy atom. The Morgan fingerprint density at radius 3 is 2.64 bits per heavy atom. The van der Waals surface area contributed by atoms with Crippen molar-refractivity contribution in [2.24, 2.45) is 5.92 Å². The SMILES string of the molecule is CCCCC1CCCCC1(CCCC)Oc1ccccc1O. The van der Waals surface area contributed by atoms with Gasteiger partial charge in [-0.3, -0.25) is 0 Å². The summed E-state index contributed by atoms with van der Waals surface area (Å²) in [5.74, 6) is 1.58. The van der Waals surface area contributed by atoms with Crippen molar-refractivity contribution in [2.45, 2.75) is 83.7 Å². The standard InChI is InChI=1S/C20H32O2/c1-3-5-11-17-12-9-10-16-20(17,15-6-4-2)22-19-14-8-7-13-18(19)21/h7-8,13-14,17,21H,3-6,9-12,15-16H2,1-2H3. The van der Waals surface area contributed by atoms with Gasteiger partial charge in [-0.05, 0) is 56.6 Å². The molecule has 0 aliphatic heterocycles. The number of ether oxygens (including phenoxy) is 1. The molecule has 0 aromatic heterocycles. The van der Waals surface area contributed by atoms with E-state index < -0.39 is 0 Å². The third-order valence-corrected chi connectivity index (χ3v) is 5.18. The van der Waals surface area contributed by atoms with E-state index in [2.05, 4.69) is 13.8 Å². The minimum absolute atomic E-state index is 0.0672. The topological polar surface area (TPSA) is 29.5 Å². The van der Waals surface area contributed by atoms with Crippen LogP contribution in [-0.4, -0.2) is 10.7 Å². The molecule has 2 heteroatoms. The van der Waals surface area contributed by atoms with Crippen LogP contribution in [-0.2, 0) is 0 Å². The zero-order valence-electron chi connectivity index (χ0n) is 14.3. The Morgan fingerprint density at radius 2 is 1.91 bits per heavy atom. The number of hydrogen-bond donors (Lipinski definition) is 1. The molecule has 0 saturated heterocycles. The van der Waals surface area contributed by atoms with Gasteiger partial charge in [0.2, 0.25) is 0 Å². The molecular weight excluding hydrogens is 272 g/mol. The summed E-state index contributed by atoms with van der Waals surface area (Å²) in [6.45, 7) is 4.51. The normalized spacial score (nSPS) is 25.1. The van der Waals surface area contributed by atoms with E-state index in [1.54, 1.807) is 6.07 Å². The van der Waals surface area contributed by atoms with E-state index in [9.17, 15) is 5.11 Å². The predicted octanol–water partition coefficient (Wildman–Crippen LogP) is 6.08. The van der Waals surface area contributed by atoms with Gasteiger partial charge in [0.1, 0.15) is 5.60 Å². The molecule has 2 rings (SSSR count). The van der Waals surface area contributed by atoms with E-state index >= 15 is 0 Å². The van der Waals surface area contributed by atoms with Gasteiger partial charge in [-0.25, -0.2) is 0 Å². The Bertz CT molecular complexity index is 443. The number of aromatic hydroxyl groups is 1. The maximum atomic E-state index is 10.1. The second-order valence-corrected chi connectivity index (χ2v) is 6.82. The number of unbranched alkanes of at least 4 members (excludes halogenated alkanes) is 2. The van der Waals surface area contributed by atoms with Crippen LogP contribution in [0, 0.1) is 5.92 Å². The average molecular weight is 304 g/mol. The van der Waals surface area contributed by atoms with Gasteiger partial charge < -0.3 is 9.84 Å². The lowest BCUT2D eigenvalue weighted by Gasteiger charge is -2.45. The smallest absolute Gasteiger partial charge is 0.161 e. The van der Waals surface area contributed by atoms with Gasteiger partial charge in [0.05, 0.1) is 0 Å². The molecule has 22 heavy (non-hydrogen) atoms. The van der Waals surface area contributed by atoms with Gasteiger partial charge in [0, 0.05) is 0 Å². The third kappa shape index (κ3) is 4.18. The van der Waals surface area contributed by atoms with Gasteiger partial charge in [-0.2, -0.15) is 0 Å². The largest absolute Gasteiger partial charge is 0.504 e. The molecule has 0 spiro atoms. The molecule has 0 heterocycles. The summed E-state index contributed by atoms with van der Waals surface area (Å²) in [7, 11) is 0. The van der Waals surface area contributed by atoms with Crippen LogP contribution in [0.25, 0.3) is 0 Å². The molecule has 1 aliphatic rings. The zero-order chi connectivity index (χ0) is 15.8. The lowest BCUT2D eigenvalue weighted by molar-refractivity contribution is -0.0382. The molecule has 1 N–H and O–H groups in total. The Balaban J connectivity index is 2.22. The molecule has 0 amide bonds. The number of rotatable bonds is 8. The molecule has 1 aromatic rings. The van der Waals surface area contributed by atoms with Crippen LogP contribution in [0.15, 0.2) is 24.3 Å². The molecule has 1 aliphatic carbocycles. The van der Waals surface area contributed by atoms with E-state index in [-0.39, 0.29) is 11.4 Å². The lowest BCUT2D eigenvalue weighted by atomic mass is 9.70. The summed E-state index contributed by atoms with van der Waals surface area (Å²) in [5, 5.41) is 10.1. The highest BCUT2D eigenvalue weighted by Crippen LogP contribution is 2.45. The lowest BCUT2D eigenvalue weighted by Crippen LogP contribution is -2.46. The van der Waals surface area contributed by atoms with Crippen LogP contribution < -0.4 is 4.74 Å². The number of phenolic OH excluding ortho intramolecular Hbond substituents is 1. The first kappa shape index (κ1) is 17.2. The van der Waals surface area contributed by atoms with Crippen molar-refractivity contribution < 1.29 is 9.84 Å². The highest BCUT2D eigenvalue weighted by atomic mass is 16.5. The molecule has 124 valence electrons. The molecule has 0 bridgehead atoms. The first-order chi connectivity index (χ1) is 10.7. The fourth-order valence-corrected chi connectivity index (χ4v) is 3.89. The van der Waals surface area contributed by atoms with Crippen LogP contribution >= 0.6 is 0 Å². The van der Waals surface area contributed by atoms with Crippen LogP contribution in [0.3, 0.4) is 0 Å². The number of para-hydroxylation sites is 2. The second-order valence-electron chi connectivity index (χ2n) is 6.82. The first-order valence-corrected chi connectivity index (χ1v) is 9.19. The summed E-state index contributed by atoms with van der Waals surface area (Å²) in [4.78, 5) is 0. The minimum Gasteiger partial charge on any atom is -0.504 e. The van der Waals surface area contributed by atoms with E-state index in [4.69, 9.17) is 4.74 Å². The summed E-state index contributed by atoms with van der Waals surface area (Å²) in [5.41, 5.74) is -0.0672. The van der Waals surface area contributed by atoms with Crippen LogP contribution in [0.1, 0.15) is 78.1 Å². The van der Waals surface area contributed by atoms with Crippen LogP contribution in [0.2, 0.25) is 0 Å². The average Bonchev–Trinajstić information content (AvgIpc) is 2.54. The predicted molar refractivity (Wildman–Crippen MR) is 92.5 cm³/mol. The van der Waals surface area contributed by atoms with Crippen molar-refractivity contribution >= 4 is 0 Å². The molecular formula is C20H32O2. The van der Waals surface area contributed by atoms with Gasteiger partial charge >= 0.3 is 0 Å². The fourth-order valence-electron chi connectivity index (χ4n) is 3.89. The monoisotopic (exact) mass is 304 g/mol. The number of benzene rings is 1. The first-order valence-electron chi connectivity index (χ1n) is 9.19. The highest BCUT2D eigenvalue weighted by Gasteiger charge is 2.42. The summed E-state index contributed by atoms with van der Waals surface area (Å²) in [6.07, 6.45) is 12.3. The second kappa shape index (κ2) is 8.45. The van der Waals surface area contributed by atoms with Crippen LogP contribution in [0.4, 0.5) is 0 Å². The van der Waals surface area contributed by atoms with Crippen molar-refractivity contribution in [3.63, 3.8) is 0 Å². The Hall–Kier alpha value is -1.18. The van der Waals surface area contributed by atoms with Gasteiger partial charge in [-0.1, -0.05) is 51.7 Å². The molecule has 1 saturated carbocycles.